The summed E-state index contributed by atoms with van der Waals surface area (Å²) < 4.78 is 0.318. The third-order valence-electron chi connectivity index (χ3n) is 3.16. The molecule has 88 valence electrons. The molecule has 0 aliphatic heterocycles. The van der Waals surface area contributed by atoms with E-state index in [0.29, 0.717) is 17.7 Å². The highest BCUT2D eigenvalue weighted by atomic mass is 32.2. The van der Waals surface area contributed by atoms with Crippen molar-refractivity contribution in [1.82, 2.24) is 5.32 Å². The van der Waals surface area contributed by atoms with E-state index in [0.717, 1.165) is 13.0 Å². The lowest BCUT2D eigenvalue weighted by atomic mass is 10.1. The average Bonchev–Trinajstić information content (AvgIpc) is 2.73. The van der Waals surface area contributed by atoms with Crippen molar-refractivity contribution >= 4 is 17.7 Å². The van der Waals surface area contributed by atoms with Gasteiger partial charge in [-0.2, -0.15) is 11.8 Å². The van der Waals surface area contributed by atoms with E-state index in [2.05, 4.69) is 11.6 Å². The maximum Gasteiger partial charge on any atom is 0.220 e. The summed E-state index contributed by atoms with van der Waals surface area (Å²) in [6.45, 7) is 1.43. The molecule has 0 radical (unpaired) electrons. The van der Waals surface area contributed by atoms with Crippen LogP contribution in [0.15, 0.2) is 0 Å². The molecule has 0 spiro atoms. The largest absolute Gasteiger partial charge is 0.355 e. The van der Waals surface area contributed by atoms with Crippen LogP contribution < -0.4 is 11.1 Å². The van der Waals surface area contributed by atoms with E-state index < -0.39 is 0 Å². The number of carbonyl (C=O) groups excluding carboxylic acids is 1. The molecular formula is C11H22N2OS. The number of thioether (sulfide) groups is 1. The van der Waals surface area contributed by atoms with Gasteiger partial charge in [0.1, 0.15) is 0 Å². The molecule has 0 unspecified atom stereocenters. The van der Waals surface area contributed by atoms with Crippen molar-refractivity contribution in [3.05, 3.63) is 0 Å². The predicted molar refractivity (Wildman–Crippen MR) is 66.0 cm³/mol. The van der Waals surface area contributed by atoms with Crippen molar-refractivity contribution < 1.29 is 4.79 Å². The van der Waals surface area contributed by atoms with E-state index in [4.69, 9.17) is 5.73 Å². The van der Waals surface area contributed by atoms with E-state index in [9.17, 15) is 4.79 Å². The van der Waals surface area contributed by atoms with E-state index in [1.54, 1.807) is 0 Å². The molecule has 4 heteroatoms. The smallest absolute Gasteiger partial charge is 0.220 e. The van der Waals surface area contributed by atoms with Gasteiger partial charge in [0.25, 0.3) is 0 Å². The fourth-order valence-electron chi connectivity index (χ4n) is 2.08. The minimum atomic E-state index is 0.153. The van der Waals surface area contributed by atoms with Crippen LogP contribution >= 0.6 is 11.8 Å². The highest BCUT2D eigenvalue weighted by Crippen LogP contribution is 2.39. The Morgan fingerprint density at radius 3 is 2.67 bits per heavy atom. The summed E-state index contributed by atoms with van der Waals surface area (Å²) >= 11 is 1.91. The van der Waals surface area contributed by atoms with Crippen molar-refractivity contribution in [3.63, 3.8) is 0 Å². The quantitative estimate of drug-likeness (QED) is 0.727. The van der Waals surface area contributed by atoms with Gasteiger partial charge in [0.15, 0.2) is 0 Å². The molecule has 3 nitrogen and oxygen atoms in total. The second-order valence-corrected chi connectivity index (χ2v) is 5.54. The first-order valence-electron chi connectivity index (χ1n) is 5.74. The first-order valence-corrected chi connectivity index (χ1v) is 6.97. The standard InChI is InChI=1S/C11H22N2OS/c1-15-11(6-2-3-7-11)9-13-10(14)5-4-8-12/h2-9,12H2,1H3,(H,13,14). The zero-order valence-electron chi connectivity index (χ0n) is 9.55. The third-order valence-corrected chi connectivity index (χ3v) is 4.58. The lowest BCUT2D eigenvalue weighted by molar-refractivity contribution is -0.121. The molecule has 1 fully saturated rings. The van der Waals surface area contributed by atoms with E-state index in [-0.39, 0.29) is 5.91 Å². The van der Waals surface area contributed by atoms with Crippen molar-refractivity contribution in [1.29, 1.82) is 0 Å². The number of nitrogens with two attached hydrogens (primary N) is 1. The fourth-order valence-corrected chi connectivity index (χ4v) is 3.00. The van der Waals surface area contributed by atoms with Crippen molar-refractivity contribution in [2.24, 2.45) is 5.73 Å². The number of carbonyl (C=O) groups is 1. The van der Waals surface area contributed by atoms with Gasteiger partial charge in [0.05, 0.1) is 0 Å². The summed E-state index contributed by atoms with van der Waals surface area (Å²) in [7, 11) is 0. The van der Waals surface area contributed by atoms with Crippen LogP contribution in [0.5, 0.6) is 0 Å². The van der Waals surface area contributed by atoms with Gasteiger partial charge in [-0.05, 0) is 32.1 Å². The van der Waals surface area contributed by atoms with Crippen molar-refractivity contribution in [2.75, 3.05) is 19.3 Å². The minimum Gasteiger partial charge on any atom is -0.355 e. The van der Waals surface area contributed by atoms with Crippen LogP contribution in [0.1, 0.15) is 38.5 Å². The molecule has 0 aromatic rings. The van der Waals surface area contributed by atoms with Gasteiger partial charge in [-0.1, -0.05) is 12.8 Å². The number of rotatable bonds is 6. The normalized spacial score (nSPS) is 19.1. The number of hydrogen-bond donors (Lipinski definition) is 2. The van der Waals surface area contributed by atoms with Crippen LogP contribution in [0.2, 0.25) is 0 Å². The van der Waals surface area contributed by atoms with Crippen LogP contribution in [0.3, 0.4) is 0 Å². The Morgan fingerprint density at radius 1 is 1.47 bits per heavy atom. The maximum absolute atomic E-state index is 11.4. The highest BCUT2D eigenvalue weighted by Gasteiger charge is 2.32. The summed E-state index contributed by atoms with van der Waals surface area (Å²) in [5.74, 6) is 0.153. The van der Waals surface area contributed by atoms with Gasteiger partial charge in [-0.3, -0.25) is 4.79 Å². The molecule has 3 N–H and O–H groups in total. The van der Waals surface area contributed by atoms with Crippen LogP contribution in [0, 0.1) is 0 Å². The molecule has 0 bridgehead atoms. The molecule has 1 aliphatic rings. The van der Waals surface area contributed by atoms with Gasteiger partial charge < -0.3 is 11.1 Å². The Hall–Kier alpha value is -0.220. The Kier molecular flexibility index (Phi) is 5.47. The van der Waals surface area contributed by atoms with Crippen LogP contribution in [-0.2, 0) is 4.79 Å². The Morgan fingerprint density at radius 2 is 2.13 bits per heavy atom. The molecule has 1 saturated carbocycles. The first kappa shape index (κ1) is 12.8. The summed E-state index contributed by atoms with van der Waals surface area (Å²) in [5, 5.41) is 3.04. The maximum atomic E-state index is 11.4. The predicted octanol–water partition coefficient (Wildman–Crippen LogP) is 1.52. The molecule has 1 rings (SSSR count). The number of amides is 1. The van der Waals surface area contributed by atoms with Crippen LogP contribution in [-0.4, -0.2) is 30.0 Å². The molecule has 15 heavy (non-hydrogen) atoms. The topological polar surface area (TPSA) is 55.1 Å². The third kappa shape index (κ3) is 4.03. The number of hydrogen-bond acceptors (Lipinski definition) is 3. The van der Waals surface area contributed by atoms with Gasteiger partial charge >= 0.3 is 0 Å². The molecular weight excluding hydrogens is 208 g/mol. The summed E-state index contributed by atoms with van der Waals surface area (Å²) in [5.41, 5.74) is 5.36. The molecule has 1 aliphatic carbocycles. The van der Waals surface area contributed by atoms with Gasteiger partial charge in [0.2, 0.25) is 5.91 Å². The molecule has 0 aromatic carbocycles. The van der Waals surface area contributed by atoms with Crippen LogP contribution in [0.4, 0.5) is 0 Å². The fraction of sp³-hybridized carbons (Fsp3) is 0.909. The number of nitrogens with one attached hydrogen (secondary N) is 1. The lowest BCUT2D eigenvalue weighted by Gasteiger charge is -2.26. The zero-order valence-corrected chi connectivity index (χ0v) is 10.4. The van der Waals surface area contributed by atoms with Crippen molar-refractivity contribution in [3.8, 4) is 0 Å². The van der Waals surface area contributed by atoms with Crippen LogP contribution in [0.25, 0.3) is 0 Å². The van der Waals surface area contributed by atoms with Gasteiger partial charge in [-0.25, -0.2) is 0 Å². The Balaban J connectivity index is 2.25. The second kappa shape index (κ2) is 6.38. The molecule has 0 atom stereocenters. The average molecular weight is 230 g/mol. The van der Waals surface area contributed by atoms with E-state index >= 15 is 0 Å². The molecule has 0 saturated heterocycles. The van der Waals surface area contributed by atoms with Gasteiger partial charge in [0, 0.05) is 17.7 Å². The summed E-state index contributed by atoms with van der Waals surface area (Å²) in [6.07, 6.45) is 8.60. The molecule has 1 amide bonds. The van der Waals surface area contributed by atoms with E-state index in [1.165, 1.54) is 25.7 Å². The SMILES string of the molecule is CSC1(CNC(=O)CCCN)CCCC1. The summed E-state index contributed by atoms with van der Waals surface area (Å²) in [4.78, 5) is 11.4. The summed E-state index contributed by atoms with van der Waals surface area (Å²) in [6, 6.07) is 0. The Labute approximate surface area is 96.6 Å². The molecule has 0 heterocycles. The second-order valence-electron chi connectivity index (χ2n) is 4.26. The van der Waals surface area contributed by atoms with Gasteiger partial charge in [-0.15, -0.1) is 0 Å². The highest BCUT2D eigenvalue weighted by molar-refractivity contribution is 8.00. The van der Waals surface area contributed by atoms with E-state index in [1.807, 2.05) is 11.8 Å². The first-order chi connectivity index (χ1) is 7.22. The minimum absolute atomic E-state index is 0.153. The molecule has 0 aromatic heterocycles. The zero-order chi connectivity index (χ0) is 11.1. The lowest BCUT2D eigenvalue weighted by Crippen LogP contribution is -2.38. The Bertz CT molecular complexity index is 203. The monoisotopic (exact) mass is 230 g/mol. The van der Waals surface area contributed by atoms with Crippen molar-refractivity contribution in [2.45, 2.75) is 43.3 Å².